The Labute approximate surface area is 134 Å². The van der Waals surface area contributed by atoms with Crippen molar-refractivity contribution in [1.82, 2.24) is 14.9 Å². The number of alkyl halides is 3. The molecular formula is C13H14F3N5OS. The molecule has 0 atom stereocenters. The molecule has 2 rings (SSSR count). The highest BCUT2D eigenvalue weighted by Gasteiger charge is 2.38. The number of nitrogens with two attached hydrogens (primary N) is 1. The molecule has 0 saturated heterocycles. The third-order valence-corrected chi connectivity index (χ3v) is 3.85. The summed E-state index contributed by atoms with van der Waals surface area (Å²) in [5, 5.41) is 8.82. The van der Waals surface area contributed by atoms with Crippen molar-refractivity contribution in [2.45, 2.75) is 25.2 Å². The molecule has 0 fully saturated rings. The van der Waals surface area contributed by atoms with E-state index in [0.717, 1.165) is 22.9 Å². The second kappa shape index (κ2) is 6.49. The van der Waals surface area contributed by atoms with E-state index in [0.29, 0.717) is 10.4 Å². The van der Waals surface area contributed by atoms with Crippen molar-refractivity contribution in [3.05, 3.63) is 35.2 Å². The van der Waals surface area contributed by atoms with Crippen LogP contribution in [0.15, 0.2) is 23.4 Å². The summed E-state index contributed by atoms with van der Waals surface area (Å²) < 4.78 is 37.9. The molecule has 0 radical (unpaired) electrons. The number of aryl methyl sites for hydroxylation is 2. The zero-order valence-corrected chi connectivity index (χ0v) is 13.1. The van der Waals surface area contributed by atoms with Gasteiger partial charge in [-0.05, 0) is 25.5 Å². The number of rotatable bonds is 4. The lowest BCUT2D eigenvalue weighted by molar-refractivity contribution is -0.146. The van der Waals surface area contributed by atoms with Crippen LogP contribution in [0, 0.1) is 13.8 Å². The smallest absolute Gasteiger partial charge is 0.335 e. The quantitative estimate of drug-likeness (QED) is 0.656. The third kappa shape index (κ3) is 4.15. The number of carbonyl (C=O) groups is 1. The minimum absolute atomic E-state index is 0.138. The van der Waals surface area contributed by atoms with Crippen LogP contribution in [0.4, 0.5) is 18.9 Å². The van der Waals surface area contributed by atoms with E-state index in [1.54, 1.807) is 6.07 Å². The van der Waals surface area contributed by atoms with Crippen LogP contribution >= 0.6 is 11.8 Å². The lowest BCUT2D eigenvalue weighted by Crippen LogP contribution is -2.22. The monoisotopic (exact) mass is 345 g/mol. The van der Waals surface area contributed by atoms with Gasteiger partial charge in [0.1, 0.15) is 0 Å². The molecule has 10 heteroatoms. The van der Waals surface area contributed by atoms with Crippen molar-refractivity contribution < 1.29 is 18.0 Å². The maximum absolute atomic E-state index is 12.5. The Balaban J connectivity index is 1.98. The molecule has 1 aromatic heterocycles. The number of aromatic nitrogens is 3. The van der Waals surface area contributed by atoms with Gasteiger partial charge in [0.25, 0.3) is 5.82 Å². The van der Waals surface area contributed by atoms with E-state index in [2.05, 4.69) is 15.5 Å². The summed E-state index contributed by atoms with van der Waals surface area (Å²) >= 11 is 0.773. The summed E-state index contributed by atoms with van der Waals surface area (Å²) in [6.45, 7) is 3.78. The highest BCUT2D eigenvalue weighted by atomic mass is 32.2. The molecule has 0 aliphatic heterocycles. The first kappa shape index (κ1) is 17.1. The Kier molecular flexibility index (Phi) is 4.83. The highest BCUT2D eigenvalue weighted by molar-refractivity contribution is 7.99. The van der Waals surface area contributed by atoms with Crippen LogP contribution in [0.1, 0.15) is 17.0 Å². The fraction of sp³-hybridized carbons (Fsp3) is 0.308. The number of amides is 1. The van der Waals surface area contributed by atoms with Crippen LogP contribution in [0.2, 0.25) is 0 Å². The van der Waals surface area contributed by atoms with Crippen molar-refractivity contribution in [3.63, 3.8) is 0 Å². The number of benzene rings is 1. The average Bonchev–Trinajstić information content (AvgIpc) is 2.81. The molecule has 3 N–H and O–H groups in total. The number of nitrogens with zero attached hydrogens (tertiary/aromatic N) is 3. The normalized spacial score (nSPS) is 11.5. The molecule has 2 aromatic rings. The Hall–Kier alpha value is -2.23. The molecule has 1 heterocycles. The maximum atomic E-state index is 12.5. The van der Waals surface area contributed by atoms with Crippen LogP contribution in [-0.4, -0.2) is 26.5 Å². The van der Waals surface area contributed by atoms with Crippen LogP contribution in [0.25, 0.3) is 0 Å². The van der Waals surface area contributed by atoms with E-state index in [-0.39, 0.29) is 16.8 Å². The predicted molar refractivity (Wildman–Crippen MR) is 80.4 cm³/mol. The number of nitrogen functional groups attached to an aromatic ring is 1. The molecule has 0 spiro atoms. The first-order chi connectivity index (χ1) is 10.7. The molecule has 0 bridgehead atoms. The Morgan fingerprint density at radius 3 is 2.61 bits per heavy atom. The minimum Gasteiger partial charge on any atom is -0.335 e. The van der Waals surface area contributed by atoms with Gasteiger partial charge in [-0.2, -0.15) is 13.2 Å². The minimum atomic E-state index is -4.69. The summed E-state index contributed by atoms with van der Waals surface area (Å²) in [4.78, 5) is 11.9. The molecule has 23 heavy (non-hydrogen) atoms. The second-order valence-electron chi connectivity index (χ2n) is 4.83. The zero-order valence-electron chi connectivity index (χ0n) is 12.3. The number of thioether (sulfide) groups is 1. The van der Waals surface area contributed by atoms with Crippen LogP contribution in [0.5, 0.6) is 0 Å². The van der Waals surface area contributed by atoms with Gasteiger partial charge in [-0.25, -0.2) is 4.68 Å². The molecule has 0 unspecified atom stereocenters. The van der Waals surface area contributed by atoms with Gasteiger partial charge in [-0.3, -0.25) is 4.79 Å². The summed E-state index contributed by atoms with van der Waals surface area (Å²) in [5.41, 5.74) is 2.60. The topological polar surface area (TPSA) is 85.8 Å². The van der Waals surface area contributed by atoms with E-state index >= 15 is 0 Å². The molecule has 124 valence electrons. The number of halogens is 3. The van der Waals surface area contributed by atoms with Crippen LogP contribution < -0.4 is 11.2 Å². The van der Waals surface area contributed by atoms with Gasteiger partial charge in [-0.15, -0.1) is 10.2 Å². The molecule has 1 amide bonds. The Morgan fingerprint density at radius 2 is 2.04 bits per heavy atom. The van der Waals surface area contributed by atoms with Crippen molar-refractivity contribution in [3.8, 4) is 0 Å². The zero-order chi connectivity index (χ0) is 17.2. The summed E-state index contributed by atoms with van der Waals surface area (Å²) in [6, 6.07) is 5.52. The van der Waals surface area contributed by atoms with E-state index in [1.165, 1.54) is 0 Å². The predicted octanol–water partition coefficient (Wildman–Crippen LogP) is 2.36. The first-order valence-electron chi connectivity index (χ1n) is 6.46. The first-order valence-corrected chi connectivity index (χ1v) is 7.44. The fourth-order valence-electron chi connectivity index (χ4n) is 1.84. The van der Waals surface area contributed by atoms with E-state index < -0.39 is 12.0 Å². The summed E-state index contributed by atoms with van der Waals surface area (Å²) in [5.74, 6) is 3.46. The maximum Gasteiger partial charge on any atom is 0.453 e. The van der Waals surface area contributed by atoms with Gasteiger partial charge in [-0.1, -0.05) is 29.5 Å². The summed E-state index contributed by atoms with van der Waals surface area (Å²) in [7, 11) is 0. The lowest BCUT2D eigenvalue weighted by atomic mass is 10.1. The number of carbonyl (C=O) groups excluding carboxylic acids is 1. The van der Waals surface area contributed by atoms with Gasteiger partial charge >= 0.3 is 6.18 Å². The fourth-order valence-corrected chi connectivity index (χ4v) is 2.50. The summed E-state index contributed by atoms with van der Waals surface area (Å²) in [6.07, 6.45) is -4.69. The third-order valence-electron chi connectivity index (χ3n) is 2.91. The van der Waals surface area contributed by atoms with E-state index in [9.17, 15) is 18.0 Å². The van der Waals surface area contributed by atoms with E-state index in [1.807, 2.05) is 26.0 Å². The Bertz CT molecular complexity index is 729. The number of hydrogen-bond donors (Lipinski definition) is 2. The largest absolute Gasteiger partial charge is 0.453 e. The van der Waals surface area contributed by atoms with Crippen LogP contribution in [0.3, 0.4) is 0 Å². The van der Waals surface area contributed by atoms with Gasteiger partial charge in [0.2, 0.25) is 11.1 Å². The molecule has 6 nitrogen and oxygen atoms in total. The SMILES string of the molecule is Cc1ccc(NC(=O)CSc2nnc(C(F)(F)F)n2N)c(C)c1. The highest BCUT2D eigenvalue weighted by Crippen LogP contribution is 2.28. The molecule has 1 aromatic carbocycles. The molecule has 0 saturated carbocycles. The van der Waals surface area contributed by atoms with Crippen molar-refractivity contribution in [2.75, 3.05) is 16.9 Å². The number of nitrogens with one attached hydrogen (secondary N) is 1. The standard InChI is InChI=1S/C13H14F3N5OS/c1-7-3-4-9(8(2)5-7)18-10(22)6-23-12-20-19-11(21(12)17)13(14,15)16/h3-5H,6,17H2,1-2H3,(H,18,22). The lowest BCUT2D eigenvalue weighted by Gasteiger charge is -2.09. The van der Waals surface area contributed by atoms with Gasteiger partial charge in [0, 0.05) is 5.69 Å². The molecule has 0 aliphatic rings. The number of anilines is 1. The van der Waals surface area contributed by atoms with Crippen LogP contribution in [-0.2, 0) is 11.0 Å². The number of hydrogen-bond acceptors (Lipinski definition) is 5. The van der Waals surface area contributed by atoms with Gasteiger partial charge in [0.15, 0.2) is 0 Å². The molecule has 0 aliphatic carbocycles. The second-order valence-corrected chi connectivity index (χ2v) is 5.77. The van der Waals surface area contributed by atoms with Gasteiger partial charge < -0.3 is 11.2 Å². The van der Waals surface area contributed by atoms with Crippen molar-refractivity contribution >= 4 is 23.4 Å². The van der Waals surface area contributed by atoms with E-state index in [4.69, 9.17) is 5.84 Å². The van der Waals surface area contributed by atoms with Gasteiger partial charge in [0.05, 0.1) is 5.75 Å². The average molecular weight is 345 g/mol. The van der Waals surface area contributed by atoms with Crippen molar-refractivity contribution in [2.24, 2.45) is 0 Å². The molecular weight excluding hydrogens is 331 g/mol. The Morgan fingerprint density at radius 1 is 1.35 bits per heavy atom. The van der Waals surface area contributed by atoms with Crippen molar-refractivity contribution in [1.29, 1.82) is 0 Å².